The maximum atomic E-state index is 13.8. The van der Waals surface area contributed by atoms with E-state index in [0.29, 0.717) is 11.9 Å². The Bertz CT molecular complexity index is 868. The molecule has 0 unspecified atom stereocenters. The Morgan fingerprint density at radius 1 is 1.16 bits per heavy atom. The highest BCUT2D eigenvalue weighted by atomic mass is 19.1. The number of nitrogens with zero attached hydrogens (tertiary/aromatic N) is 4. The molecular formula is C17H18F2N6. The van der Waals surface area contributed by atoms with Crippen LogP contribution < -0.4 is 10.6 Å². The van der Waals surface area contributed by atoms with Gasteiger partial charge in [-0.2, -0.15) is 5.10 Å². The van der Waals surface area contributed by atoms with Crippen molar-refractivity contribution >= 4 is 16.9 Å². The smallest absolute Gasteiger partial charge is 0.163 e. The monoisotopic (exact) mass is 344 g/mol. The zero-order valence-electron chi connectivity index (χ0n) is 13.5. The van der Waals surface area contributed by atoms with Crippen molar-refractivity contribution in [1.29, 1.82) is 0 Å². The maximum Gasteiger partial charge on any atom is 0.163 e. The van der Waals surface area contributed by atoms with Gasteiger partial charge in [-0.05, 0) is 38.1 Å². The average Bonchev–Trinajstić information content (AvgIpc) is 3.07. The number of aromatic nitrogens is 4. The van der Waals surface area contributed by atoms with Crippen molar-refractivity contribution in [1.82, 2.24) is 25.1 Å². The van der Waals surface area contributed by atoms with Gasteiger partial charge in [-0.15, -0.1) is 0 Å². The molecule has 0 amide bonds. The van der Waals surface area contributed by atoms with Crippen LogP contribution in [0.25, 0.3) is 11.0 Å². The summed E-state index contributed by atoms with van der Waals surface area (Å²) < 4.78 is 29.5. The van der Waals surface area contributed by atoms with Gasteiger partial charge in [-0.3, -0.25) is 0 Å². The molecule has 1 fully saturated rings. The lowest BCUT2D eigenvalue weighted by atomic mass is 10.1. The molecule has 2 N–H and O–H groups in total. The molecule has 0 saturated carbocycles. The van der Waals surface area contributed by atoms with Crippen LogP contribution in [0.15, 0.2) is 30.7 Å². The van der Waals surface area contributed by atoms with Crippen molar-refractivity contribution in [2.45, 2.75) is 25.4 Å². The van der Waals surface area contributed by atoms with Crippen LogP contribution >= 0.6 is 0 Å². The van der Waals surface area contributed by atoms with E-state index < -0.39 is 11.6 Å². The largest absolute Gasteiger partial charge is 0.365 e. The molecule has 130 valence electrons. The third-order valence-corrected chi connectivity index (χ3v) is 4.54. The molecular weight excluding hydrogens is 326 g/mol. The van der Waals surface area contributed by atoms with E-state index in [1.165, 1.54) is 24.5 Å². The quantitative estimate of drug-likeness (QED) is 0.762. The van der Waals surface area contributed by atoms with Crippen LogP contribution in [0.4, 0.5) is 14.6 Å². The van der Waals surface area contributed by atoms with Gasteiger partial charge in [0.2, 0.25) is 0 Å². The van der Waals surface area contributed by atoms with Crippen LogP contribution in [-0.4, -0.2) is 32.8 Å². The summed E-state index contributed by atoms with van der Waals surface area (Å²) in [5.74, 6) is -0.640. The van der Waals surface area contributed by atoms with Crippen LogP contribution in [0.1, 0.15) is 24.4 Å². The molecule has 1 aliphatic heterocycles. The maximum absolute atomic E-state index is 13.8. The average molecular weight is 344 g/mol. The lowest BCUT2D eigenvalue weighted by molar-refractivity contribution is 0.349. The van der Waals surface area contributed by atoms with Gasteiger partial charge in [0.1, 0.15) is 23.8 Å². The molecule has 0 radical (unpaired) electrons. The standard InChI is InChI=1S/C17H18F2N6/c18-14-2-1-3-15(19)12(14)8-21-16-13-9-24-25(17(13)23-10-22-16)11-4-6-20-7-5-11/h1-3,9-11,20H,4-8H2,(H,21,22,23). The van der Waals surface area contributed by atoms with E-state index in [-0.39, 0.29) is 12.1 Å². The lowest BCUT2D eigenvalue weighted by Crippen LogP contribution is -2.29. The van der Waals surface area contributed by atoms with Crippen molar-refractivity contribution in [2.24, 2.45) is 0 Å². The minimum absolute atomic E-state index is 0.00312. The molecule has 1 saturated heterocycles. The van der Waals surface area contributed by atoms with E-state index in [1.807, 2.05) is 4.68 Å². The zero-order chi connectivity index (χ0) is 17.2. The van der Waals surface area contributed by atoms with Gasteiger partial charge in [-0.25, -0.2) is 23.4 Å². The molecule has 8 heteroatoms. The Morgan fingerprint density at radius 2 is 1.92 bits per heavy atom. The van der Waals surface area contributed by atoms with Gasteiger partial charge in [0.15, 0.2) is 5.65 Å². The molecule has 6 nitrogen and oxygen atoms in total. The van der Waals surface area contributed by atoms with E-state index >= 15 is 0 Å². The Labute approximate surface area is 143 Å². The molecule has 25 heavy (non-hydrogen) atoms. The minimum Gasteiger partial charge on any atom is -0.365 e. The van der Waals surface area contributed by atoms with Crippen molar-refractivity contribution in [3.63, 3.8) is 0 Å². The summed E-state index contributed by atoms with van der Waals surface area (Å²) in [6, 6.07) is 4.13. The van der Waals surface area contributed by atoms with Crippen molar-refractivity contribution in [3.05, 3.63) is 47.9 Å². The molecule has 2 aromatic heterocycles. The van der Waals surface area contributed by atoms with Crippen LogP contribution in [0.2, 0.25) is 0 Å². The van der Waals surface area contributed by atoms with E-state index in [9.17, 15) is 8.78 Å². The highest BCUT2D eigenvalue weighted by Gasteiger charge is 2.20. The first kappa shape index (κ1) is 15.9. The summed E-state index contributed by atoms with van der Waals surface area (Å²) in [5, 5.41) is 11.5. The van der Waals surface area contributed by atoms with Gasteiger partial charge in [0.05, 0.1) is 17.6 Å². The second-order valence-electron chi connectivity index (χ2n) is 6.08. The second-order valence-corrected chi connectivity index (χ2v) is 6.08. The van der Waals surface area contributed by atoms with E-state index in [1.54, 1.807) is 6.20 Å². The van der Waals surface area contributed by atoms with Gasteiger partial charge in [0.25, 0.3) is 0 Å². The molecule has 4 rings (SSSR count). The Kier molecular flexibility index (Phi) is 4.27. The fourth-order valence-corrected chi connectivity index (χ4v) is 3.20. The van der Waals surface area contributed by atoms with E-state index in [4.69, 9.17) is 0 Å². The summed E-state index contributed by atoms with van der Waals surface area (Å²) in [5.41, 5.74) is 0.721. The Morgan fingerprint density at radius 3 is 2.68 bits per heavy atom. The molecule has 0 bridgehead atoms. The Hall–Kier alpha value is -2.61. The van der Waals surface area contributed by atoms with Crippen LogP contribution in [0.3, 0.4) is 0 Å². The van der Waals surface area contributed by atoms with E-state index in [0.717, 1.165) is 37.0 Å². The number of hydrogen-bond acceptors (Lipinski definition) is 5. The topological polar surface area (TPSA) is 67.7 Å². The van der Waals surface area contributed by atoms with Crippen molar-refractivity contribution in [3.8, 4) is 0 Å². The SMILES string of the molecule is Fc1cccc(F)c1CNc1ncnc2c1cnn2C1CCNCC1. The summed E-state index contributed by atoms with van der Waals surface area (Å²) in [7, 11) is 0. The third-order valence-electron chi connectivity index (χ3n) is 4.54. The lowest BCUT2D eigenvalue weighted by Gasteiger charge is -2.23. The van der Waals surface area contributed by atoms with Gasteiger partial charge >= 0.3 is 0 Å². The number of anilines is 1. The first-order valence-electron chi connectivity index (χ1n) is 8.29. The number of hydrogen-bond donors (Lipinski definition) is 2. The predicted molar refractivity (Wildman–Crippen MR) is 90.1 cm³/mol. The van der Waals surface area contributed by atoms with Crippen molar-refractivity contribution < 1.29 is 8.78 Å². The fraction of sp³-hybridized carbons (Fsp3) is 0.353. The molecule has 0 spiro atoms. The molecule has 1 aliphatic rings. The first-order chi connectivity index (χ1) is 12.2. The van der Waals surface area contributed by atoms with Crippen LogP contribution in [0, 0.1) is 11.6 Å². The number of piperidine rings is 1. The van der Waals surface area contributed by atoms with Gasteiger partial charge in [0, 0.05) is 12.1 Å². The number of rotatable bonds is 4. The van der Waals surface area contributed by atoms with Crippen LogP contribution in [-0.2, 0) is 6.54 Å². The minimum atomic E-state index is -0.580. The Balaban J connectivity index is 1.61. The number of fused-ring (bicyclic) bond motifs is 1. The highest BCUT2D eigenvalue weighted by Crippen LogP contribution is 2.26. The summed E-state index contributed by atoms with van der Waals surface area (Å²) >= 11 is 0. The molecule has 1 aromatic carbocycles. The summed E-state index contributed by atoms with van der Waals surface area (Å²) in [4.78, 5) is 8.55. The predicted octanol–water partition coefficient (Wildman–Crippen LogP) is 2.64. The molecule has 0 aliphatic carbocycles. The zero-order valence-corrected chi connectivity index (χ0v) is 13.5. The number of nitrogens with one attached hydrogen (secondary N) is 2. The number of benzene rings is 1. The van der Waals surface area contributed by atoms with Gasteiger partial charge in [-0.1, -0.05) is 6.07 Å². The van der Waals surface area contributed by atoms with Crippen LogP contribution in [0.5, 0.6) is 0 Å². The second kappa shape index (κ2) is 6.72. The highest BCUT2D eigenvalue weighted by molar-refractivity contribution is 5.86. The van der Waals surface area contributed by atoms with Crippen molar-refractivity contribution in [2.75, 3.05) is 18.4 Å². The first-order valence-corrected chi connectivity index (χ1v) is 8.29. The third kappa shape index (κ3) is 3.05. The molecule has 3 heterocycles. The van der Waals surface area contributed by atoms with Gasteiger partial charge < -0.3 is 10.6 Å². The van der Waals surface area contributed by atoms with E-state index in [2.05, 4.69) is 25.7 Å². The normalized spacial score (nSPS) is 15.6. The fourth-order valence-electron chi connectivity index (χ4n) is 3.20. The molecule has 0 atom stereocenters. The summed E-state index contributed by atoms with van der Waals surface area (Å²) in [6.45, 7) is 1.91. The summed E-state index contributed by atoms with van der Waals surface area (Å²) in [6.07, 6.45) is 5.13. The molecule has 3 aromatic rings. The number of halogens is 2.